The number of hydrogen-bond donors (Lipinski definition) is 4. The molecule has 0 saturated heterocycles. The predicted octanol–water partition coefficient (Wildman–Crippen LogP) is 2.78. The van der Waals surface area contributed by atoms with Crippen molar-refractivity contribution >= 4 is 23.3 Å². The van der Waals surface area contributed by atoms with Gasteiger partial charge in [0.1, 0.15) is 22.9 Å². The van der Waals surface area contributed by atoms with Gasteiger partial charge < -0.3 is 15.3 Å². The lowest BCUT2D eigenvalue weighted by Crippen LogP contribution is -2.17. The van der Waals surface area contributed by atoms with Crippen molar-refractivity contribution in [2.24, 2.45) is 10.2 Å². The summed E-state index contributed by atoms with van der Waals surface area (Å²) in [7, 11) is 0. The summed E-state index contributed by atoms with van der Waals surface area (Å²) in [5.74, 6) is -4.39. The van der Waals surface area contributed by atoms with E-state index in [2.05, 4.69) is 10.2 Å². The number of aromatic nitrogens is 1. The largest absolute Gasteiger partial charge is 0.494 e. The van der Waals surface area contributed by atoms with E-state index in [1.807, 2.05) is 0 Å². The van der Waals surface area contributed by atoms with Gasteiger partial charge in [-0.05, 0) is 18.2 Å². The number of H-pyrrole nitrogens is 1. The number of aromatic amines is 1. The van der Waals surface area contributed by atoms with Crippen LogP contribution in [-0.4, -0.2) is 32.2 Å². The Morgan fingerprint density at radius 2 is 1.79 bits per heavy atom. The van der Waals surface area contributed by atoms with Crippen molar-refractivity contribution in [3.8, 4) is 11.9 Å². The molecule has 1 aromatic heterocycles. The fourth-order valence-corrected chi connectivity index (χ4v) is 2.09. The highest BCUT2D eigenvalue weighted by Crippen LogP contribution is 2.39. The quantitative estimate of drug-likeness (QED) is 0.574. The zero-order valence-corrected chi connectivity index (χ0v) is 13.3. The highest BCUT2D eigenvalue weighted by atomic mass is 19.4. The van der Waals surface area contributed by atoms with Crippen molar-refractivity contribution in [2.75, 3.05) is 0 Å². The van der Waals surface area contributed by atoms with Crippen LogP contribution < -0.4 is 5.56 Å². The Labute approximate surface area is 151 Å². The molecule has 0 radical (unpaired) electrons. The monoisotopic (exact) mass is 396 g/mol. The van der Waals surface area contributed by atoms with Crippen LogP contribution in [0.3, 0.4) is 0 Å². The summed E-state index contributed by atoms with van der Waals surface area (Å²) in [4.78, 5) is 35.6. The number of azo groups is 1. The summed E-state index contributed by atoms with van der Waals surface area (Å²) in [5.41, 5.74) is -7.86. The maximum absolute atomic E-state index is 13.3. The molecule has 13 heteroatoms. The third-order valence-electron chi connectivity index (χ3n) is 3.30. The van der Waals surface area contributed by atoms with Crippen LogP contribution in [0, 0.1) is 11.3 Å². The van der Waals surface area contributed by atoms with Crippen molar-refractivity contribution in [1.82, 2.24) is 4.98 Å². The molecule has 0 atom stereocenters. The molecule has 0 amide bonds. The van der Waals surface area contributed by atoms with Gasteiger partial charge in [-0.2, -0.15) is 18.4 Å². The number of alkyl halides is 3. The molecule has 0 bridgehead atoms. The Morgan fingerprint density at radius 3 is 2.29 bits per heavy atom. The fraction of sp³-hybridized carbons (Fsp3) is 0.0667. The Hall–Kier alpha value is -4.21. The zero-order chi connectivity index (χ0) is 21.2. The average molecular weight is 396 g/mol. The summed E-state index contributed by atoms with van der Waals surface area (Å²) in [5, 5.41) is 42.5. The molecule has 0 unspecified atom stereocenters. The van der Waals surface area contributed by atoms with Crippen LogP contribution in [-0.2, 0) is 6.18 Å². The van der Waals surface area contributed by atoms with Gasteiger partial charge in [-0.25, -0.2) is 9.59 Å². The van der Waals surface area contributed by atoms with Crippen LogP contribution in [0.25, 0.3) is 0 Å². The Kier molecular flexibility index (Phi) is 5.16. The number of benzene rings is 1. The Bertz CT molecular complexity index is 1110. The molecule has 1 aromatic carbocycles. The molecule has 2 rings (SSSR count). The lowest BCUT2D eigenvalue weighted by Gasteiger charge is -2.11. The predicted molar refractivity (Wildman–Crippen MR) is 83.0 cm³/mol. The van der Waals surface area contributed by atoms with Gasteiger partial charge in [0, 0.05) is 0 Å². The first kappa shape index (κ1) is 20.1. The standard InChI is InChI=1S/C15H7F3N4O6/c16-15(17,18)9-7(4-19)11(23)20-12(24)10(9)22-21-8-3-5(13(25)26)1-2-6(8)14(27)28/h1-3H,(H,25,26)(H,27,28)(H2,20,23,24). The van der Waals surface area contributed by atoms with E-state index in [0.29, 0.717) is 0 Å². The Morgan fingerprint density at radius 1 is 1.14 bits per heavy atom. The van der Waals surface area contributed by atoms with Crippen LogP contribution in [0.2, 0.25) is 0 Å². The molecule has 2 aromatic rings. The highest BCUT2D eigenvalue weighted by Gasteiger charge is 2.40. The Balaban J connectivity index is 2.77. The molecule has 0 spiro atoms. The minimum Gasteiger partial charge on any atom is -0.494 e. The van der Waals surface area contributed by atoms with Gasteiger partial charge in [-0.1, -0.05) is 0 Å². The molecule has 0 fully saturated rings. The van der Waals surface area contributed by atoms with Crippen LogP contribution >= 0.6 is 0 Å². The maximum Gasteiger partial charge on any atom is 0.420 e. The number of nitrogens with one attached hydrogen (secondary N) is 1. The molecule has 0 saturated carbocycles. The summed E-state index contributed by atoms with van der Waals surface area (Å²) in [6.45, 7) is 0. The van der Waals surface area contributed by atoms with E-state index < -0.39 is 63.2 Å². The molecule has 10 nitrogen and oxygen atoms in total. The first-order chi connectivity index (χ1) is 13.0. The fourth-order valence-electron chi connectivity index (χ4n) is 2.09. The van der Waals surface area contributed by atoms with Gasteiger partial charge in [-0.3, -0.25) is 9.78 Å². The minimum atomic E-state index is -5.29. The molecule has 0 aliphatic carbocycles. The molecular formula is C15H7F3N4O6. The third kappa shape index (κ3) is 3.80. The van der Waals surface area contributed by atoms with Gasteiger partial charge in [0.15, 0.2) is 5.69 Å². The number of hydrogen-bond acceptors (Lipinski definition) is 7. The summed E-state index contributed by atoms with van der Waals surface area (Å²) in [6.07, 6.45) is -5.29. The third-order valence-corrected chi connectivity index (χ3v) is 3.30. The van der Waals surface area contributed by atoms with E-state index in [1.54, 1.807) is 4.98 Å². The number of nitrogens with zero attached hydrogens (tertiary/aromatic N) is 3. The molecular weight excluding hydrogens is 389 g/mol. The number of carboxylic acid groups (broad SMARTS) is 2. The molecule has 0 aliphatic heterocycles. The summed E-state index contributed by atoms with van der Waals surface area (Å²) < 4.78 is 39.8. The maximum atomic E-state index is 13.3. The summed E-state index contributed by atoms with van der Waals surface area (Å²) in [6, 6.07) is 3.56. The zero-order valence-electron chi connectivity index (χ0n) is 13.3. The summed E-state index contributed by atoms with van der Waals surface area (Å²) >= 11 is 0. The molecule has 144 valence electrons. The molecule has 0 aliphatic rings. The topological polar surface area (TPSA) is 176 Å². The number of nitriles is 1. The number of pyridine rings is 1. The number of halogens is 3. The lowest BCUT2D eigenvalue weighted by molar-refractivity contribution is -0.137. The second-order valence-electron chi connectivity index (χ2n) is 5.05. The number of aromatic carboxylic acids is 2. The van der Waals surface area contributed by atoms with E-state index >= 15 is 0 Å². The highest BCUT2D eigenvalue weighted by molar-refractivity contribution is 5.96. The average Bonchev–Trinajstić information content (AvgIpc) is 2.59. The lowest BCUT2D eigenvalue weighted by atomic mass is 10.1. The van der Waals surface area contributed by atoms with Crippen LogP contribution in [0.5, 0.6) is 5.88 Å². The number of aromatic hydroxyl groups is 1. The van der Waals surface area contributed by atoms with Crippen molar-refractivity contribution in [3.05, 3.63) is 50.8 Å². The van der Waals surface area contributed by atoms with Crippen LogP contribution in [0.15, 0.2) is 33.2 Å². The molecule has 4 N–H and O–H groups in total. The van der Waals surface area contributed by atoms with Crippen molar-refractivity contribution in [3.63, 3.8) is 0 Å². The minimum absolute atomic E-state index is 0.438. The van der Waals surface area contributed by atoms with Gasteiger partial charge >= 0.3 is 18.1 Å². The van der Waals surface area contributed by atoms with Gasteiger partial charge in [-0.15, -0.1) is 10.2 Å². The van der Waals surface area contributed by atoms with Gasteiger partial charge in [0.25, 0.3) is 5.56 Å². The number of carbonyl (C=O) groups is 2. The molecule has 1 heterocycles. The normalized spacial score (nSPS) is 11.4. The number of carboxylic acids is 2. The van der Waals surface area contributed by atoms with Crippen LogP contribution in [0.1, 0.15) is 31.8 Å². The SMILES string of the molecule is N#Cc1c(O)[nH]c(=O)c(N=Nc2cc(C(=O)O)ccc2C(=O)O)c1C(F)(F)F. The molecule has 28 heavy (non-hydrogen) atoms. The van der Waals surface area contributed by atoms with E-state index in [-0.39, 0.29) is 0 Å². The first-order valence-electron chi connectivity index (χ1n) is 6.96. The number of rotatable bonds is 4. The van der Waals surface area contributed by atoms with Gasteiger partial charge in [0.05, 0.1) is 11.1 Å². The van der Waals surface area contributed by atoms with E-state index in [0.717, 1.165) is 24.3 Å². The second-order valence-corrected chi connectivity index (χ2v) is 5.05. The van der Waals surface area contributed by atoms with Crippen molar-refractivity contribution < 1.29 is 38.1 Å². The van der Waals surface area contributed by atoms with Crippen molar-refractivity contribution in [1.29, 1.82) is 5.26 Å². The van der Waals surface area contributed by atoms with E-state index in [9.17, 15) is 32.7 Å². The second kappa shape index (κ2) is 7.19. The first-order valence-corrected chi connectivity index (χ1v) is 6.96. The van der Waals surface area contributed by atoms with Crippen LogP contribution in [0.4, 0.5) is 24.5 Å². The van der Waals surface area contributed by atoms with Crippen molar-refractivity contribution in [2.45, 2.75) is 6.18 Å². The van der Waals surface area contributed by atoms with E-state index in [1.165, 1.54) is 0 Å². The smallest absolute Gasteiger partial charge is 0.420 e. The van der Waals surface area contributed by atoms with E-state index in [4.69, 9.17) is 15.5 Å². The van der Waals surface area contributed by atoms with Gasteiger partial charge in [0.2, 0.25) is 5.88 Å².